The number of piperidine rings is 1. The molecule has 0 radical (unpaired) electrons. The third-order valence-electron chi connectivity index (χ3n) is 5.45. The van der Waals surface area contributed by atoms with Crippen molar-refractivity contribution in [1.29, 1.82) is 0 Å². The molecule has 2 N–H and O–H groups in total. The Balaban J connectivity index is 1.67. The molecule has 0 spiro atoms. The summed E-state index contributed by atoms with van der Waals surface area (Å²) in [5, 5.41) is 30.1. The van der Waals surface area contributed by atoms with Crippen molar-refractivity contribution >= 4 is 22.8 Å². The predicted octanol–water partition coefficient (Wildman–Crippen LogP) is 3.39. The predicted molar refractivity (Wildman–Crippen MR) is 119 cm³/mol. The van der Waals surface area contributed by atoms with Gasteiger partial charge in [-0.25, -0.2) is 4.99 Å². The lowest BCUT2D eigenvalue weighted by atomic mass is 9.99. The minimum Gasteiger partial charge on any atom is -0.507 e. The van der Waals surface area contributed by atoms with E-state index in [9.17, 15) is 10.2 Å². The van der Waals surface area contributed by atoms with Crippen molar-refractivity contribution in [3.8, 4) is 29.4 Å². The Kier molecular flexibility index (Phi) is 6.03. The van der Waals surface area contributed by atoms with Crippen molar-refractivity contribution in [1.82, 2.24) is 15.1 Å². The van der Waals surface area contributed by atoms with Crippen molar-refractivity contribution in [2.24, 2.45) is 10.9 Å². The van der Waals surface area contributed by atoms with E-state index in [2.05, 4.69) is 26.0 Å². The van der Waals surface area contributed by atoms with E-state index < -0.39 is 0 Å². The Morgan fingerprint density at radius 2 is 2.03 bits per heavy atom. The molecule has 2 heterocycles. The van der Waals surface area contributed by atoms with E-state index in [0.29, 0.717) is 35.1 Å². The molecule has 2 aromatic carbocycles. The number of hydrogen-bond acceptors (Lipinski definition) is 6. The summed E-state index contributed by atoms with van der Waals surface area (Å²) >= 11 is 0. The average Bonchev–Trinajstić information content (AvgIpc) is 2.78. The molecule has 0 bridgehead atoms. The van der Waals surface area contributed by atoms with Crippen LogP contribution in [0.25, 0.3) is 22.0 Å². The van der Waals surface area contributed by atoms with Crippen LogP contribution < -0.4 is 0 Å². The van der Waals surface area contributed by atoms with Gasteiger partial charge in [0, 0.05) is 47.1 Å². The number of aromatic nitrogens is 2. The zero-order valence-corrected chi connectivity index (χ0v) is 16.7. The van der Waals surface area contributed by atoms with Gasteiger partial charge in [0.05, 0.1) is 6.61 Å². The third kappa shape index (κ3) is 4.18. The summed E-state index contributed by atoms with van der Waals surface area (Å²) in [4.78, 5) is 6.92. The third-order valence-corrected chi connectivity index (χ3v) is 5.45. The quantitative estimate of drug-likeness (QED) is 0.507. The van der Waals surface area contributed by atoms with Crippen LogP contribution in [0.3, 0.4) is 0 Å². The number of benzene rings is 2. The second kappa shape index (κ2) is 9.04. The molecule has 0 saturated carbocycles. The van der Waals surface area contributed by atoms with Crippen LogP contribution in [0.1, 0.15) is 18.4 Å². The molecule has 1 saturated heterocycles. The molecule has 3 aromatic rings. The lowest BCUT2D eigenvalue weighted by Crippen LogP contribution is -2.37. The molecule has 6 nitrogen and oxygen atoms in total. The summed E-state index contributed by atoms with van der Waals surface area (Å²) in [6.07, 6.45) is 9.54. The molecule has 0 amide bonds. The lowest BCUT2D eigenvalue weighted by Gasteiger charge is -2.30. The van der Waals surface area contributed by atoms with Crippen LogP contribution in [0.2, 0.25) is 0 Å². The van der Waals surface area contributed by atoms with E-state index >= 15 is 0 Å². The Morgan fingerprint density at radius 3 is 2.80 bits per heavy atom. The largest absolute Gasteiger partial charge is 0.507 e. The number of phenolic OH excluding ortho intramolecular Hbond substituents is 1. The number of aliphatic hydroxyl groups excluding tert-OH is 1. The number of aromatic hydroxyl groups is 1. The van der Waals surface area contributed by atoms with Gasteiger partial charge in [0.2, 0.25) is 0 Å². The second-order valence-electron chi connectivity index (χ2n) is 7.50. The van der Waals surface area contributed by atoms with Gasteiger partial charge in [-0.05, 0) is 37.6 Å². The highest BCUT2D eigenvalue weighted by Crippen LogP contribution is 2.35. The fourth-order valence-electron chi connectivity index (χ4n) is 3.94. The molecule has 4 rings (SSSR count). The van der Waals surface area contributed by atoms with Crippen LogP contribution in [0, 0.1) is 18.3 Å². The molecule has 1 aliphatic rings. The van der Waals surface area contributed by atoms with Gasteiger partial charge in [0.15, 0.2) is 5.82 Å². The molecule has 1 unspecified atom stereocenters. The SMILES string of the molecule is C#Cc1ccc(-c2nnc(N=CC3CCCN(CCO)C3)c3ccccc23)c(O)c1. The van der Waals surface area contributed by atoms with E-state index in [-0.39, 0.29) is 12.4 Å². The van der Waals surface area contributed by atoms with Crippen molar-refractivity contribution in [3.63, 3.8) is 0 Å². The fourth-order valence-corrected chi connectivity index (χ4v) is 3.94. The Bertz CT molecular complexity index is 1120. The highest BCUT2D eigenvalue weighted by atomic mass is 16.3. The first-order valence-corrected chi connectivity index (χ1v) is 10.1. The standard InChI is InChI=1S/C24H24N4O2/c1-2-17-9-10-21(22(30)14-17)23-19-7-3-4-8-20(19)24(27-26-23)25-15-18-6-5-11-28(16-18)12-13-29/h1,3-4,7-10,14-15,18,29-30H,5-6,11-13,16H2. The van der Waals surface area contributed by atoms with Gasteiger partial charge in [-0.2, -0.15) is 0 Å². The van der Waals surface area contributed by atoms with Crippen LogP contribution >= 0.6 is 0 Å². The normalized spacial score (nSPS) is 17.4. The number of rotatable bonds is 5. The minimum absolute atomic E-state index is 0.0762. The summed E-state index contributed by atoms with van der Waals surface area (Å²) in [6, 6.07) is 12.9. The first-order chi connectivity index (χ1) is 14.7. The second-order valence-corrected chi connectivity index (χ2v) is 7.50. The van der Waals surface area contributed by atoms with Crippen LogP contribution in [0.4, 0.5) is 5.82 Å². The first kappa shape index (κ1) is 20.0. The number of hydrogen-bond donors (Lipinski definition) is 2. The van der Waals surface area contributed by atoms with E-state index in [0.717, 1.165) is 36.7 Å². The first-order valence-electron chi connectivity index (χ1n) is 10.1. The number of aliphatic imine (C=N–C) groups is 1. The summed E-state index contributed by atoms with van der Waals surface area (Å²) in [5.41, 5.74) is 1.79. The maximum atomic E-state index is 10.4. The van der Waals surface area contributed by atoms with Crippen molar-refractivity contribution < 1.29 is 10.2 Å². The van der Waals surface area contributed by atoms with E-state index in [4.69, 9.17) is 6.42 Å². The molecule has 1 atom stereocenters. The maximum absolute atomic E-state index is 10.4. The summed E-state index contributed by atoms with van der Waals surface area (Å²) in [6.45, 7) is 2.79. The zero-order chi connectivity index (χ0) is 20.9. The molecule has 1 aliphatic heterocycles. The van der Waals surface area contributed by atoms with E-state index in [1.807, 2.05) is 30.5 Å². The van der Waals surface area contributed by atoms with Crippen LogP contribution in [-0.4, -0.2) is 57.8 Å². The molecule has 1 fully saturated rings. The van der Waals surface area contributed by atoms with Gasteiger partial charge in [0.25, 0.3) is 0 Å². The summed E-state index contributed by atoms with van der Waals surface area (Å²) in [7, 11) is 0. The van der Waals surface area contributed by atoms with Gasteiger partial charge >= 0.3 is 0 Å². The van der Waals surface area contributed by atoms with Crippen LogP contribution in [-0.2, 0) is 0 Å². The van der Waals surface area contributed by atoms with Crippen LogP contribution in [0.15, 0.2) is 47.5 Å². The number of phenols is 1. The van der Waals surface area contributed by atoms with E-state index in [1.165, 1.54) is 0 Å². The number of nitrogens with zero attached hydrogens (tertiary/aromatic N) is 4. The number of aliphatic hydroxyl groups is 1. The number of fused-ring (bicyclic) bond motifs is 1. The average molecular weight is 400 g/mol. The minimum atomic E-state index is 0.0762. The van der Waals surface area contributed by atoms with Crippen molar-refractivity contribution in [2.75, 3.05) is 26.2 Å². The molecule has 152 valence electrons. The van der Waals surface area contributed by atoms with Gasteiger partial charge in [-0.1, -0.05) is 30.2 Å². The Morgan fingerprint density at radius 1 is 1.20 bits per heavy atom. The molecule has 6 heteroatoms. The topological polar surface area (TPSA) is 81.8 Å². The fraction of sp³-hybridized carbons (Fsp3) is 0.292. The van der Waals surface area contributed by atoms with Crippen molar-refractivity contribution in [3.05, 3.63) is 48.0 Å². The summed E-state index contributed by atoms with van der Waals surface area (Å²) in [5.74, 6) is 3.48. The number of likely N-dealkylation sites (tertiary alicyclic amines) is 1. The van der Waals surface area contributed by atoms with Crippen molar-refractivity contribution in [2.45, 2.75) is 12.8 Å². The van der Waals surface area contributed by atoms with Gasteiger partial charge in [0.1, 0.15) is 11.4 Å². The Labute approximate surface area is 175 Å². The molecular formula is C24H24N4O2. The Hall–Kier alpha value is -3.27. The maximum Gasteiger partial charge on any atom is 0.182 e. The molecular weight excluding hydrogens is 376 g/mol. The van der Waals surface area contributed by atoms with E-state index in [1.54, 1.807) is 18.2 Å². The lowest BCUT2D eigenvalue weighted by molar-refractivity contribution is 0.160. The number of β-amino-alcohol motifs (C(OH)–C–C–N with tert-alkyl or cyclic N) is 1. The number of terminal acetylenes is 1. The monoisotopic (exact) mass is 400 g/mol. The van der Waals surface area contributed by atoms with Gasteiger partial charge in [-0.3, -0.25) is 0 Å². The van der Waals surface area contributed by atoms with Gasteiger partial charge < -0.3 is 15.1 Å². The smallest absolute Gasteiger partial charge is 0.182 e. The highest BCUT2D eigenvalue weighted by Gasteiger charge is 2.18. The zero-order valence-electron chi connectivity index (χ0n) is 16.7. The van der Waals surface area contributed by atoms with Crippen LogP contribution in [0.5, 0.6) is 5.75 Å². The molecule has 0 aliphatic carbocycles. The highest BCUT2D eigenvalue weighted by molar-refractivity contribution is 6.00. The van der Waals surface area contributed by atoms with Gasteiger partial charge in [-0.15, -0.1) is 16.6 Å². The molecule has 1 aromatic heterocycles. The molecule has 30 heavy (non-hydrogen) atoms. The summed E-state index contributed by atoms with van der Waals surface area (Å²) < 4.78 is 0.